The summed E-state index contributed by atoms with van der Waals surface area (Å²) in [7, 11) is -3.42. The minimum Gasteiger partial charge on any atom is -0.324 e. The predicted molar refractivity (Wildman–Crippen MR) is 85.5 cm³/mol. The average molecular weight is 310 g/mol. The number of nitrogens with zero attached hydrogens (tertiary/aromatic N) is 1. The van der Waals surface area contributed by atoms with Gasteiger partial charge in [0.2, 0.25) is 10.0 Å². The zero-order valence-corrected chi connectivity index (χ0v) is 13.8. The maximum Gasteiger partial charge on any atom is 0.243 e. The normalized spacial score (nSPS) is 22.7. The van der Waals surface area contributed by atoms with E-state index >= 15 is 0 Å². The van der Waals surface area contributed by atoms with Gasteiger partial charge in [-0.1, -0.05) is 31.9 Å². The fourth-order valence-corrected chi connectivity index (χ4v) is 4.79. The van der Waals surface area contributed by atoms with Crippen LogP contribution in [0.1, 0.15) is 57.6 Å². The summed E-state index contributed by atoms with van der Waals surface area (Å²) >= 11 is 0. The Kier molecular flexibility index (Phi) is 5.41. The van der Waals surface area contributed by atoms with Crippen molar-refractivity contribution in [2.24, 2.45) is 5.73 Å². The van der Waals surface area contributed by atoms with Crippen LogP contribution in [0.25, 0.3) is 0 Å². The van der Waals surface area contributed by atoms with Crippen molar-refractivity contribution in [3.05, 3.63) is 29.8 Å². The fourth-order valence-electron chi connectivity index (χ4n) is 2.97. The van der Waals surface area contributed by atoms with Crippen LogP contribution in [-0.4, -0.2) is 25.3 Å². The summed E-state index contributed by atoms with van der Waals surface area (Å²) in [5.41, 5.74) is 6.73. The van der Waals surface area contributed by atoms with Crippen molar-refractivity contribution in [3.8, 4) is 0 Å². The molecule has 2 rings (SSSR count). The molecule has 0 amide bonds. The average Bonchev–Trinajstić information content (AvgIpc) is 2.73. The van der Waals surface area contributed by atoms with Gasteiger partial charge in [0.1, 0.15) is 0 Å². The quantitative estimate of drug-likeness (QED) is 0.929. The molecule has 0 aliphatic carbocycles. The molecule has 0 saturated carbocycles. The Morgan fingerprint density at radius 3 is 2.76 bits per heavy atom. The number of rotatable bonds is 4. The molecule has 1 aromatic carbocycles. The number of hydrogen-bond donors (Lipinski definition) is 1. The van der Waals surface area contributed by atoms with Crippen molar-refractivity contribution in [1.82, 2.24) is 4.31 Å². The van der Waals surface area contributed by atoms with Crippen LogP contribution in [0.4, 0.5) is 0 Å². The Morgan fingerprint density at radius 1 is 1.33 bits per heavy atom. The first-order valence-corrected chi connectivity index (χ1v) is 9.28. The summed E-state index contributed by atoms with van der Waals surface area (Å²) in [5, 5.41) is 0. The molecule has 0 radical (unpaired) electrons. The second-order valence-corrected chi connectivity index (χ2v) is 7.78. The Balaban J connectivity index is 2.37. The van der Waals surface area contributed by atoms with Crippen LogP contribution in [0.15, 0.2) is 29.2 Å². The standard InChI is InChI=1S/C16H26N2O2S/c1-3-15-9-5-4-6-11-18(15)21(19,20)16-10-7-8-14(12-16)13(2)17/h7-8,10,12-13,15H,3-6,9,11,17H2,1-2H3. The van der Waals surface area contributed by atoms with E-state index in [-0.39, 0.29) is 12.1 Å². The smallest absolute Gasteiger partial charge is 0.243 e. The van der Waals surface area contributed by atoms with Gasteiger partial charge in [-0.25, -0.2) is 8.42 Å². The van der Waals surface area contributed by atoms with E-state index in [4.69, 9.17) is 5.73 Å². The first-order valence-electron chi connectivity index (χ1n) is 7.84. The number of hydrogen-bond acceptors (Lipinski definition) is 3. The fraction of sp³-hybridized carbons (Fsp3) is 0.625. The Labute approximate surface area is 128 Å². The van der Waals surface area contributed by atoms with Gasteiger partial charge in [-0.15, -0.1) is 0 Å². The highest BCUT2D eigenvalue weighted by Crippen LogP contribution is 2.27. The van der Waals surface area contributed by atoms with E-state index in [9.17, 15) is 8.42 Å². The van der Waals surface area contributed by atoms with Crippen molar-refractivity contribution < 1.29 is 8.42 Å². The molecule has 21 heavy (non-hydrogen) atoms. The van der Waals surface area contributed by atoms with E-state index in [1.807, 2.05) is 13.0 Å². The lowest BCUT2D eigenvalue weighted by Gasteiger charge is -2.28. The maximum atomic E-state index is 13.0. The Hall–Kier alpha value is -0.910. The lowest BCUT2D eigenvalue weighted by molar-refractivity contribution is 0.315. The Bertz CT molecular complexity index is 569. The molecule has 1 saturated heterocycles. The molecular formula is C16H26N2O2S. The number of sulfonamides is 1. The molecule has 2 unspecified atom stereocenters. The van der Waals surface area contributed by atoms with Crippen molar-refractivity contribution in [2.75, 3.05) is 6.54 Å². The zero-order chi connectivity index (χ0) is 15.5. The van der Waals surface area contributed by atoms with E-state index in [2.05, 4.69) is 6.92 Å². The molecule has 1 aliphatic heterocycles. The van der Waals surface area contributed by atoms with Gasteiger partial charge in [0.25, 0.3) is 0 Å². The highest BCUT2D eigenvalue weighted by Gasteiger charge is 2.31. The van der Waals surface area contributed by atoms with Crippen LogP contribution in [-0.2, 0) is 10.0 Å². The van der Waals surface area contributed by atoms with Crippen LogP contribution in [0.3, 0.4) is 0 Å². The lowest BCUT2D eigenvalue weighted by Crippen LogP contribution is -2.39. The van der Waals surface area contributed by atoms with Crippen LogP contribution < -0.4 is 5.73 Å². The summed E-state index contributed by atoms with van der Waals surface area (Å²) in [6, 6.07) is 7.02. The van der Waals surface area contributed by atoms with Crippen LogP contribution >= 0.6 is 0 Å². The molecule has 2 N–H and O–H groups in total. The van der Waals surface area contributed by atoms with E-state index in [1.165, 1.54) is 0 Å². The van der Waals surface area contributed by atoms with Gasteiger partial charge in [-0.05, 0) is 43.9 Å². The maximum absolute atomic E-state index is 13.0. The van der Waals surface area contributed by atoms with Crippen LogP contribution in [0, 0.1) is 0 Å². The third kappa shape index (κ3) is 3.65. The molecule has 0 spiro atoms. The van der Waals surface area contributed by atoms with Gasteiger partial charge in [-0.3, -0.25) is 0 Å². The third-order valence-electron chi connectivity index (χ3n) is 4.28. The van der Waals surface area contributed by atoms with Gasteiger partial charge in [-0.2, -0.15) is 4.31 Å². The molecule has 0 aromatic heterocycles. The minimum absolute atomic E-state index is 0.122. The summed E-state index contributed by atoms with van der Waals surface area (Å²) in [6.07, 6.45) is 5.00. The highest BCUT2D eigenvalue weighted by molar-refractivity contribution is 7.89. The molecule has 4 nitrogen and oxygen atoms in total. The molecular weight excluding hydrogens is 284 g/mol. The van der Waals surface area contributed by atoms with E-state index in [0.717, 1.165) is 37.7 Å². The second-order valence-electron chi connectivity index (χ2n) is 5.89. The molecule has 1 heterocycles. The van der Waals surface area contributed by atoms with E-state index in [0.29, 0.717) is 11.4 Å². The topological polar surface area (TPSA) is 63.4 Å². The third-order valence-corrected chi connectivity index (χ3v) is 6.23. The summed E-state index contributed by atoms with van der Waals surface area (Å²) in [6.45, 7) is 4.56. The molecule has 1 fully saturated rings. The SMILES string of the molecule is CCC1CCCCCN1S(=O)(=O)c1cccc(C(C)N)c1. The lowest BCUT2D eigenvalue weighted by atomic mass is 10.1. The van der Waals surface area contributed by atoms with Crippen molar-refractivity contribution in [2.45, 2.75) is 62.9 Å². The highest BCUT2D eigenvalue weighted by atomic mass is 32.2. The van der Waals surface area contributed by atoms with Gasteiger partial charge in [0.15, 0.2) is 0 Å². The monoisotopic (exact) mass is 310 g/mol. The second kappa shape index (κ2) is 6.90. The molecule has 5 heteroatoms. The molecule has 1 aromatic rings. The first kappa shape index (κ1) is 16.5. The molecule has 0 bridgehead atoms. The number of benzene rings is 1. The van der Waals surface area contributed by atoms with E-state index < -0.39 is 10.0 Å². The number of nitrogens with two attached hydrogens (primary N) is 1. The molecule has 2 atom stereocenters. The largest absolute Gasteiger partial charge is 0.324 e. The van der Waals surface area contributed by atoms with Crippen LogP contribution in [0.5, 0.6) is 0 Å². The van der Waals surface area contributed by atoms with Gasteiger partial charge in [0.05, 0.1) is 4.90 Å². The molecule has 118 valence electrons. The minimum atomic E-state index is -3.42. The van der Waals surface area contributed by atoms with E-state index in [1.54, 1.807) is 22.5 Å². The van der Waals surface area contributed by atoms with Gasteiger partial charge < -0.3 is 5.73 Å². The Morgan fingerprint density at radius 2 is 2.10 bits per heavy atom. The molecule has 1 aliphatic rings. The zero-order valence-electron chi connectivity index (χ0n) is 13.0. The summed E-state index contributed by atoms with van der Waals surface area (Å²) in [4.78, 5) is 0.373. The van der Waals surface area contributed by atoms with Crippen molar-refractivity contribution in [1.29, 1.82) is 0 Å². The van der Waals surface area contributed by atoms with Crippen LogP contribution in [0.2, 0.25) is 0 Å². The van der Waals surface area contributed by atoms with Gasteiger partial charge in [0, 0.05) is 18.6 Å². The first-order chi connectivity index (χ1) is 9.96. The van der Waals surface area contributed by atoms with Crippen molar-refractivity contribution >= 4 is 10.0 Å². The van der Waals surface area contributed by atoms with Gasteiger partial charge >= 0.3 is 0 Å². The summed E-state index contributed by atoms with van der Waals surface area (Å²) < 4.78 is 27.6. The summed E-state index contributed by atoms with van der Waals surface area (Å²) in [5.74, 6) is 0. The predicted octanol–water partition coefficient (Wildman–Crippen LogP) is 3.05. The van der Waals surface area contributed by atoms with Crippen molar-refractivity contribution in [3.63, 3.8) is 0 Å².